The zero-order chi connectivity index (χ0) is 13.0. The van der Waals surface area contributed by atoms with Gasteiger partial charge in [0.25, 0.3) is 0 Å². The highest BCUT2D eigenvalue weighted by molar-refractivity contribution is 5.61. The second-order valence-corrected chi connectivity index (χ2v) is 4.77. The Hall–Kier alpha value is -1.61. The summed E-state index contributed by atoms with van der Waals surface area (Å²) in [5, 5.41) is 3.38. The molecule has 0 saturated heterocycles. The molecule has 2 rings (SSSR count). The predicted molar refractivity (Wildman–Crippen MR) is 75.4 cm³/mol. The fourth-order valence-corrected chi connectivity index (χ4v) is 1.94. The third-order valence-corrected chi connectivity index (χ3v) is 2.91. The van der Waals surface area contributed by atoms with E-state index in [4.69, 9.17) is 4.98 Å². The van der Waals surface area contributed by atoms with Gasteiger partial charge in [0.1, 0.15) is 5.82 Å². The molecule has 0 aliphatic carbocycles. The van der Waals surface area contributed by atoms with E-state index in [-0.39, 0.29) is 0 Å². The first-order valence-electron chi connectivity index (χ1n) is 6.57. The van der Waals surface area contributed by atoms with Crippen molar-refractivity contribution in [2.45, 2.75) is 39.8 Å². The number of aromatic amines is 1. The van der Waals surface area contributed by atoms with Crippen LogP contribution in [0.1, 0.15) is 32.3 Å². The molecule has 0 aliphatic rings. The quantitative estimate of drug-likeness (QED) is 0.847. The fraction of sp³-hybridized carbons (Fsp3) is 0.400. The van der Waals surface area contributed by atoms with Crippen LogP contribution in [0.3, 0.4) is 0 Å². The average Bonchev–Trinajstić information content (AvgIpc) is 2.80. The third-order valence-electron chi connectivity index (χ3n) is 2.91. The third kappa shape index (κ3) is 2.99. The standard InChI is InChI=1S/C15H21N3/c1-4-13-15(12-8-6-5-7-9-12)18-14(17-13)10-16-11(2)3/h5-9,11,16H,4,10H2,1-3H3,(H,17,18). The van der Waals surface area contributed by atoms with Crippen LogP contribution in [-0.2, 0) is 13.0 Å². The smallest absolute Gasteiger partial charge is 0.121 e. The molecule has 0 bridgehead atoms. The van der Waals surface area contributed by atoms with Gasteiger partial charge in [-0.2, -0.15) is 0 Å². The number of rotatable bonds is 5. The van der Waals surface area contributed by atoms with Crippen molar-refractivity contribution in [3.05, 3.63) is 41.9 Å². The monoisotopic (exact) mass is 243 g/mol. The van der Waals surface area contributed by atoms with E-state index in [2.05, 4.69) is 55.3 Å². The van der Waals surface area contributed by atoms with E-state index >= 15 is 0 Å². The Balaban J connectivity index is 2.25. The van der Waals surface area contributed by atoms with Gasteiger partial charge >= 0.3 is 0 Å². The minimum Gasteiger partial charge on any atom is -0.344 e. The lowest BCUT2D eigenvalue weighted by Crippen LogP contribution is -2.22. The van der Waals surface area contributed by atoms with Crippen molar-refractivity contribution in [3.8, 4) is 11.3 Å². The molecular formula is C15H21N3. The number of benzene rings is 1. The number of aryl methyl sites for hydroxylation is 1. The zero-order valence-electron chi connectivity index (χ0n) is 11.3. The highest BCUT2D eigenvalue weighted by atomic mass is 15.0. The maximum atomic E-state index is 4.71. The van der Waals surface area contributed by atoms with Crippen LogP contribution in [0.2, 0.25) is 0 Å². The van der Waals surface area contributed by atoms with E-state index in [1.54, 1.807) is 0 Å². The molecule has 0 radical (unpaired) electrons. The Morgan fingerprint density at radius 2 is 1.94 bits per heavy atom. The molecule has 2 N–H and O–H groups in total. The highest BCUT2D eigenvalue weighted by Crippen LogP contribution is 2.21. The number of hydrogen-bond donors (Lipinski definition) is 2. The average molecular weight is 243 g/mol. The number of imidazole rings is 1. The predicted octanol–water partition coefficient (Wildman–Crippen LogP) is 3.14. The van der Waals surface area contributed by atoms with Gasteiger partial charge in [-0.25, -0.2) is 4.98 Å². The van der Waals surface area contributed by atoms with E-state index in [0.29, 0.717) is 6.04 Å². The van der Waals surface area contributed by atoms with Crippen LogP contribution in [-0.4, -0.2) is 16.0 Å². The van der Waals surface area contributed by atoms with Crippen molar-refractivity contribution in [1.29, 1.82) is 0 Å². The zero-order valence-corrected chi connectivity index (χ0v) is 11.3. The van der Waals surface area contributed by atoms with Gasteiger partial charge in [-0.05, 0) is 6.42 Å². The van der Waals surface area contributed by atoms with Crippen LogP contribution in [0.4, 0.5) is 0 Å². The Bertz CT molecular complexity index is 486. The van der Waals surface area contributed by atoms with Gasteiger partial charge in [0.15, 0.2) is 0 Å². The summed E-state index contributed by atoms with van der Waals surface area (Å²) in [7, 11) is 0. The maximum absolute atomic E-state index is 4.71. The van der Waals surface area contributed by atoms with Gasteiger partial charge in [0, 0.05) is 17.3 Å². The summed E-state index contributed by atoms with van der Waals surface area (Å²) in [6, 6.07) is 10.8. The molecule has 18 heavy (non-hydrogen) atoms. The Morgan fingerprint density at radius 1 is 1.22 bits per heavy atom. The van der Waals surface area contributed by atoms with Crippen LogP contribution in [0.15, 0.2) is 30.3 Å². The second kappa shape index (κ2) is 5.83. The first-order valence-corrected chi connectivity index (χ1v) is 6.57. The van der Waals surface area contributed by atoms with E-state index in [0.717, 1.165) is 24.5 Å². The Labute approximate surface area is 109 Å². The largest absolute Gasteiger partial charge is 0.344 e. The van der Waals surface area contributed by atoms with E-state index < -0.39 is 0 Å². The SMILES string of the molecule is CCc1[nH]c(CNC(C)C)nc1-c1ccccc1. The van der Waals surface area contributed by atoms with Crippen LogP contribution in [0.5, 0.6) is 0 Å². The lowest BCUT2D eigenvalue weighted by Gasteiger charge is -2.04. The van der Waals surface area contributed by atoms with Crippen LogP contribution in [0, 0.1) is 0 Å². The van der Waals surface area contributed by atoms with Crippen LogP contribution < -0.4 is 5.32 Å². The summed E-state index contributed by atoms with van der Waals surface area (Å²) in [4.78, 5) is 8.12. The number of H-pyrrole nitrogens is 1. The van der Waals surface area contributed by atoms with Crippen molar-refractivity contribution >= 4 is 0 Å². The topological polar surface area (TPSA) is 40.7 Å². The molecule has 0 atom stereocenters. The van der Waals surface area contributed by atoms with Crippen LogP contribution >= 0.6 is 0 Å². The number of hydrogen-bond acceptors (Lipinski definition) is 2. The van der Waals surface area contributed by atoms with Crippen molar-refractivity contribution in [3.63, 3.8) is 0 Å². The van der Waals surface area contributed by atoms with Gasteiger partial charge in [-0.15, -0.1) is 0 Å². The van der Waals surface area contributed by atoms with Crippen molar-refractivity contribution in [2.75, 3.05) is 0 Å². The molecule has 1 heterocycles. The molecule has 0 amide bonds. The van der Waals surface area contributed by atoms with Gasteiger partial charge in [0.2, 0.25) is 0 Å². The summed E-state index contributed by atoms with van der Waals surface area (Å²) in [6.45, 7) is 7.22. The molecule has 0 spiro atoms. The molecule has 1 aromatic heterocycles. The molecule has 3 nitrogen and oxygen atoms in total. The normalized spacial score (nSPS) is 11.1. The Kier molecular flexibility index (Phi) is 4.15. The molecule has 0 saturated carbocycles. The number of nitrogens with zero attached hydrogens (tertiary/aromatic N) is 1. The lowest BCUT2D eigenvalue weighted by molar-refractivity contribution is 0.575. The van der Waals surface area contributed by atoms with Crippen molar-refractivity contribution in [1.82, 2.24) is 15.3 Å². The summed E-state index contributed by atoms with van der Waals surface area (Å²) in [5.74, 6) is 1.01. The Morgan fingerprint density at radius 3 is 2.56 bits per heavy atom. The molecule has 96 valence electrons. The van der Waals surface area contributed by atoms with Gasteiger partial charge < -0.3 is 10.3 Å². The fourth-order valence-electron chi connectivity index (χ4n) is 1.94. The maximum Gasteiger partial charge on any atom is 0.121 e. The van der Waals surface area contributed by atoms with Crippen molar-refractivity contribution in [2.24, 2.45) is 0 Å². The van der Waals surface area contributed by atoms with E-state index in [9.17, 15) is 0 Å². The molecule has 0 fully saturated rings. The van der Waals surface area contributed by atoms with Crippen molar-refractivity contribution < 1.29 is 0 Å². The molecule has 2 aromatic rings. The van der Waals surface area contributed by atoms with Gasteiger partial charge in [0.05, 0.1) is 12.2 Å². The number of aromatic nitrogens is 2. The minimum absolute atomic E-state index is 0.473. The summed E-state index contributed by atoms with van der Waals surface area (Å²) in [6.07, 6.45) is 0.971. The highest BCUT2D eigenvalue weighted by Gasteiger charge is 2.10. The minimum atomic E-state index is 0.473. The first kappa shape index (κ1) is 12.8. The van der Waals surface area contributed by atoms with Crippen LogP contribution in [0.25, 0.3) is 11.3 Å². The van der Waals surface area contributed by atoms with Gasteiger partial charge in [-0.3, -0.25) is 0 Å². The lowest BCUT2D eigenvalue weighted by atomic mass is 10.1. The molecule has 0 unspecified atom stereocenters. The second-order valence-electron chi connectivity index (χ2n) is 4.77. The first-order chi connectivity index (χ1) is 8.70. The van der Waals surface area contributed by atoms with Gasteiger partial charge in [-0.1, -0.05) is 51.1 Å². The molecule has 3 heteroatoms. The molecule has 1 aromatic carbocycles. The summed E-state index contributed by atoms with van der Waals surface area (Å²) in [5.41, 5.74) is 3.47. The van der Waals surface area contributed by atoms with E-state index in [1.165, 1.54) is 11.3 Å². The molecular weight excluding hydrogens is 222 g/mol. The van der Waals surface area contributed by atoms with E-state index in [1.807, 2.05) is 6.07 Å². The summed E-state index contributed by atoms with van der Waals surface area (Å²) >= 11 is 0. The molecule has 0 aliphatic heterocycles. The number of nitrogens with one attached hydrogen (secondary N) is 2. The summed E-state index contributed by atoms with van der Waals surface area (Å²) < 4.78 is 0.